The molecule has 0 unspecified atom stereocenters. The molecule has 0 fully saturated rings. The zero-order chi connectivity index (χ0) is 9.68. The van der Waals surface area contributed by atoms with E-state index in [1.54, 1.807) is 6.92 Å². The van der Waals surface area contributed by atoms with Crippen molar-refractivity contribution in [3.63, 3.8) is 0 Å². The van der Waals surface area contributed by atoms with E-state index in [1.165, 1.54) is 0 Å². The van der Waals surface area contributed by atoms with Gasteiger partial charge in [-0.05, 0) is 19.1 Å². The first-order valence-electron chi connectivity index (χ1n) is 4.06. The average molecular weight is 179 g/mol. The molecule has 1 atom stereocenters. The van der Waals surface area contributed by atoms with E-state index in [4.69, 9.17) is 5.84 Å². The third-order valence-corrected chi connectivity index (χ3v) is 1.69. The van der Waals surface area contributed by atoms with Gasteiger partial charge in [-0.1, -0.05) is 18.2 Å². The van der Waals surface area contributed by atoms with Crippen molar-refractivity contribution in [3.8, 4) is 0 Å². The van der Waals surface area contributed by atoms with Crippen molar-refractivity contribution in [1.29, 1.82) is 0 Å². The number of rotatable bonds is 3. The molecule has 0 radical (unpaired) electrons. The molecule has 4 heteroatoms. The highest BCUT2D eigenvalue weighted by Crippen LogP contribution is 2.06. The molecular formula is C9H13N3O. The number of benzene rings is 1. The first-order chi connectivity index (χ1) is 6.24. The van der Waals surface area contributed by atoms with Crippen molar-refractivity contribution in [2.75, 3.05) is 5.32 Å². The van der Waals surface area contributed by atoms with Crippen LogP contribution in [0.2, 0.25) is 0 Å². The average Bonchev–Trinajstić information content (AvgIpc) is 2.18. The summed E-state index contributed by atoms with van der Waals surface area (Å²) in [4.78, 5) is 11.0. The standard InChI is InChI=1S/C9H13N3O/c1-7(9(13)12-10)11-8-5-3-2-4-6-8/h2-7,11H,10H2,1H3,(H,12,13)/t7-/m0/s1. The Labute approximate surface area is 77.1 Å². The summed E-state index contributed by atoms with van der Waals surface area (Å²) in [5.41, 5.74) is 2.99. The number of nitrogens with one attached hydrogen (secondary N) is 2. The minimum atomic E-state index is -0.326. The molecular weight excluding hydrogens is 166 g/mol. The summed E-state index contributed by atoms with van der Waals surface area (Å²) in [5, 5.41) is 3.00. The number of amides is 1. The van der Waals surface area contributed by atoms with Gasteiger partial charge in [0.25, 0.3) is 5.91 Å². The highest BCUT2D eigenvalue weighted by molar-refractivity contribution is 5.83. The summed E-state index contributed by atoms with van der Waals surface area (Å²) in [6.45, 7) is 1.75. The monoisotopic (exact) mass is 179 g/mol. The molecule has 70 valence electrons. The van der Waals surface area contributed by atoms with Crippen LogP contribution in [0.15, 0.2) is 30.3 Å². The van der Waals surface area contributed by atoms with Crippen molar-refractivity contribution in [2.24, 2.45) is 5.84 Å². The van der Waals surface area contributed by atoms with E-state index >= 15 is 0 Å². The first-order valence-corrected chi connectivity index (χ1v) is 4.06. The van der Waals surface area contributed by atoms with Gasteiger partial charge in [-0.15, -0.1) is 0 Å². The smallest absolute Gasteiger partial charge is 0.256 e. The molecule has 1 aromatic rings. The summed E-state index contributed by atoms with van der Waals surface area (Å²) >= 11 is 0. The van der Waals surface area contributed by atoms with Gasteiger partial charge in [0.15, 0.2) is 0 Å². The Bertz CT molecular complexity index is 273. The van der Waals surface area contributed by atoms with E-state index in [1.807, 2.05) is 30.3 Å². The van der Waals surface area contributed by atoms with Crippen LogP contribution in [0.4, 0.5) is 5.69 Å². The molecule has 0 spiro atoms. The number of hydrogen-bond donors (Lipinski definition) is 3. The van der Waals surface area contributed by atoms with Gasteiger partial charge in [-0.3, -0.25) is 10.2 Å². The van der Waals surface area contributed by atoms with Gasteiger partial charge in [-0.2, -0.15) is 0 Å². The molecule has 13 heavy (non-hydrogen) atoms. The summed E-state index contributed by atoms with van der Waals surface area (Å²) in [6, 6.07) is 9.16. The van der Waals surface area contributed by atoms with Crippen molar-refractivity contribution in [3.05, 3.63) is 30.3 Å². The molecule has 0 aliphatic rings. The van der Waals surface area contributed by atoms with E-state index in [0.717, 1.165) is 5.69 Å². The maximum atomic E-state index is 11.0. The number of para-hydroxylation sites is 1. The molecule has 0 heterocycles. The molecule has 0 aliphatic carbocycles. The minimum Gasteiger partial charge on any atom is -0.374 e. The van der Waals surface area contributed by atoms with E-state index in [0.29, 0.717) is 0 Å². The van der Waals surface area contributed by atoms with Gasteiger partial charge >= 0.3 is 0 Å². The molecule has 0 aromatic heterocycles. The lowest BCUT2D eigenvalue weighted by molar-refractivity contribution is -0.121. The third-order valence-electron chi connectivity index (χ3n) is 1.69. The Morgan fingerprint density at radius 1 is 1.38 bits per heavy atom. The maximum Gasteiger partial charge on any atom is 0.256 e. The van der Waals surface area contributed by atoms with E-state index in [-0.39, 0.29) is 11.9 Å². The van der Waals surface area contributed by atoms with Gasteiger partial charge < -0.3 is 5.32 Å². The zero-order valence-corrected chi connectivity index (χ0v) is 7.45. The first kappa shape index (κ1) is 9.54. The van der Waals surface area contributed by atoms with Crippen molar-refractivity contribution in [1.82, 2.24) is 5.43 Å². The Hall–Kier alpha value is -1.55. The summed E-state index contributed by atoms with van der Waals surface area (Å²) in [7, 11) is 0. The summed E-state index contributed by atoms with van der Waals surface area (Å²) in [6.07, 6.45) is 0. The van der Waals surface area contributed by atoms with E-state index < -0.39 is 0 Å². The highest BCUT2D eigenvalue weighted by Gasteiger charge is 2.09. The fourth-order valence-corrected chi connectivity index (χ4v) is 0.975. The lowest BCUT2D eigenvalue weighted by Crippen LogP contribution is -2.41. The van der Waals surface area contributed by atoms with Crippen LogP contribution in [0, 0.1) is 0 Å². The number of hydrazine groups is 1. The highest BCUT2D eigenvalue weighted by atomic mass is 16.2. The molecule has 0 aliphatic heterocycles. The number of anilines is 1. The number of carbonyl (C=O) groups excluding carboxylic acids is 1. The van der Waals surface area contributed by atoms with E-state index in [2.05, 4.69) is 10.7 Å². The van der Waals surface area contributed by atoms with Crippen LogP contribution in [0.3, 0.4) is 0 Å². The molecule has 4 N–H and O–H groups in total. The molecule has 1 aromatic carbocycles. The fraction of sp³-hybridized carbons (Fsp3) is 0.222. The molecule has 4 nitrogen and oxygen atoms in total. The van der Waals surface area contributed by atoms with Crippen LogP contribution in [0.1, 0.15) is 6.92 Å². The molecule has 0 saturated carbocycles. The molecule has 0 saturated heterocycles. The van der Waals surface area contributed by atoms with Gasteiger partial charge in [-0.25, -0.2) is 5.84 Å². The second-order valence-corrected chi connectivity index (χ2v) is 2.74. The van der Waals surface area contributed by atoms with Crippen molar-refractivity contribution < 1.29 is 4.79 Å². The molecule has 0 bridgehead atoms. The predicted molar refractivity (Wildman–Crippen MR) is 51.9 cm³/mol. The largest absolute Gasteiger partial charge is 0.374 e. The Morgan fingerprint density at radius 2 is 2.00 bits per heavy atom. The van der Waals surface area contributed by atoms with Gasteiger partial charge in [0, 0.05) is 5.69 Å². The predicted octanol–water partition coefficient (Wildman–Crippen LogP) is 0.477. The van der Waals surface area contributed by atoms with Gasteiger partial charge in [0.05, 0.1) is 0 Å². The quantitative estimate of drug-likeness (QED) is 0.359. The van der Waals surface area contributed by atoms with Gasteiger partial charge in [0.2, 0.25) is 0 Å². The van der Waals surface area contributed by atoms with Crippen LogP contribution in [-0.2, 0) is 4.79 Å². The minimum absolute atomic E-state index is 0.233. The van der Waals surface area contributed by atoms with E-state index in [9.17, 15) is 4.79 Å². The van der Waals surface area contributed by atoms with Crippen LogP contribution in [0.5, 0.6) is 0 Å². The molecule has 1 amide bonds. The SMILES string of the molecule is C[C@H](Nc1ccccc1)C(=O)NN. The summed E-state index contributed by atoms with van der Waals surface area (Å²) in [5.74, 6) is 4.75. The maximum absolute atomic E-state index is 11.0. The fourth-order valence-electron chi connectivity index (χ4n) is 0.975. The number of hydrogen-bond acceptors (Lipinski definition) is 3. The van der Waals surface area contributed by atoms with Crippen LogP contribution >= 0.6 is 0 Å². The molecule has 1 rings (SSSR count). The van der Waals surface area contributed by atoms with Crippen molar-refractivity contribution >= 4 is 11.6 Å². The Morgan fingerprint density at radius 3 is 2.54 bits per heavy atom. The third kappa shape index (κ3) is 2.76. The second-order valence-electron chi connectivity index (χ2n) is 2.74. The van der Waals surface area contributed by atoms with Crippen molar-refractivity contribution in [2.45, 2.75) is 13.0 Å². The second kappa shape index (κ2) is 4.47. The van der Waals surface area contributed by atoms with Crippen LogP contribution in [0.25, 0.3) is 0 Å². The normalized spacial score (nSPS) is 11.8. The number of nitrogens with two attached hydrogens (primary N) is 1. The zero-order valence-electron chi connectivity index (χ0n) is 7.45. The lowest BCUT2D eigenvalue weighted by atomic mass is 10.2. The Kier molecular flexibility index (Phi) is 3.28. The Balaban J connectivity index is 2.55. The van der Waals surface area contributed by atoms with Gasteiger partial charge in [0.1, 0.15) is 6.04 Å². The summed E-state index contributed by atoms with van der Waals surface area (Å²) < 4.78 is 0. The lowest BCUT2D eigenvalue weighted by Gasteiger charge is -2.12. The van der Waals surface area contributed by atoms with Crippen LogP contribution in [-0.4, -0.2) is 11.9 Å². The topological polar surface area (TPSA) is 67.2 Å². The number of carbonyl (C=O) groups is 1. The van der Waals surface area contributed by atoms with Crippen LogP contribution < -0.4 is 16.6 Å².